The summed E-state index contributed by atoms with van der Waals surface area (Å²) < 4.78 is 1.17. The summed E-state index contributed by atoms with van der Waals surface area (Å²) in [6, 6.07) is 2.05. The van der Waals surface area contributed by atoms with Crippen LogP contribution in [0.5, 0.6) is 0 Å². The quantitative estimate of drug-likeness (QED) is 0.853. The fourth-order valence-electron chi connectivity index (χ4n) is 0.852. The van der Waals surface area contributed by atoms with Gasteiger partial charge in [-0.05, 0) is 39.7 Å². The van der Waals surface area contributed by atoms with Gasteiger partial charge in [-0.3, -0.25) is 0 Å². The molecule has 0 saturated carbocycles. The molecule has 0 bridgehead atoms. The lowest BCUT2D eigenvalue weighted by atomic mass is 10.1. The lowest BCUT2D eigenvalue weighted by Crippen LogP contribution is -2.03. The first kappa shape index (κ1) is 9.23. The molecule has 1 atom stereocenters. The molecule has 3 heteroatoms. The summed E-state index contributed by atoms with van der Waals surface area (Å²) in [5.41, 5.74) is 0. The van der Waals surface area contributed by atoms with Crippen LogP contribution in [-0.4, -0.2) is 11.7 Å². The maximum atomic E-state index is 8.81. The molecule has 0 aromatic carbocycles. The molecule has 0 radical (unpaired) electrons. The molecule has 11 heavy (non-hydrogen) atoms. The molecule has 62 valence electrons. The Bertz CT molecular complexity index is 222. The molecular formula is C8H11BrOS. The number of rotatable bonds is 3. The molecule has 0 fully saturated rings. The van der Waals surface area contributed by atoms with Crippen molar-refractivity contribution >= 4 is 27.3 Å². The van der Waals surface area contributed by atoms with Gasteiger partial charge < -0.3 is 5.11 Å². The van der Waals surface area contributed by atoms with Crippen LogP contribution in [0, 0.1) is 5.92 Å². The highest BCUT2D eigenvalue weighted by Crippen LogP contribution is 2.25. The van der Waals surface area contributed by atoms with Gasteiger partial charge in [0.1, 0.15) is 0 Å². The third-order valence-electron chi connectivity index (χ3n) is 1.54. The minimum atomic E-state index is 0.268. The van der Waals surface area contributed by atoms with Gasteiger partial charge in [0.2, 0.25) is 0 Å². The second-order valence-electron chi connectivity index (χ2n) is 2.68. The molecule has 0 amide bonds. The first-order valence-electron chi connectivity index (χ1n) is 3.56. The van der Waals surface area contributed by atoms with Crippen LogP contribution in [0.1, 0.15) is 11.8 Å². The van der Waals surface area contributed by atoms with E-state index in [0.717, 1.165) is 6.42 Å². The van der Waals surface area contributed by atoms with Crippen LogP contribution in [0.15, 0.2) is 15.9 Å². The Morgan fingerprint density at radius 2 is 2.45 bits per heavy atom. The minimum Gasteiger partial charge on any atom is -0.396 e. The van der Waals surface area contributed by atoms with Gasteiger partial charge in [0.15, 0.2) is 0 Å². The van der Waals surface area contributed by atoms with Crippen molar-refractivity contribution in [3.63, 3.8) is 0 Å². The molecular weight excluding hydrogens is 224 g/mol. The number of aliphatic hydroxyl groups excluding tert-OH is 1. The van der Waals surface area contributed by atoms with Crippen LogP contribution in [0.2, 0.25) is 0 Å². The third-order valence-corrected chi connectivity index (χ3v) is 3.49. The first-order chi connectivity index (χ1) is 5.24. The Morgan fingerprint density at radius 3 is 2.91 bits per heavy atom. The fourth-order valence-corrected chi connectivity index (χ4v) is 2.53. The Labute approximate surface area is 79.2 Å². The summed E-state index contributed by atoms with van der Waals surface area (Å²) in [5, 5.41) is 10.9. The van der Waals surface area contributed by atoms with Gasteiger partial charge in [-0.1, -0.05) is 6.92 Å². The number of hydrogen-bond donors (Lipinski definition) is 1. The Kier molecular flexibility index (Phi) is 3.55. The summed E-state index contributed by atoms with van der Waals surface area (Å²) in [5.74, 6) is 0.366. The lowest BCUT2D eigenvalue weighted by molar-refractivity contribution is 0.237. The fraction of sp³-hybridized carbons (Fsp3) is 0.500. The minimum absolute atomic E-state index is 0.268. The van der Waals surface area contributed by atoms with Gasteiger partial charge in [-0.25, -0.2) is 0 Å². The van der Waals surface area contributed by atoms with E-state index in [4.69, 9.17) is 5.11 Å². The Hall–Kier alpha value is 0.140. The number of aliphatic hydroxyl groups is 1. The van der Waals surface area contributed by atoms with Gasteiger partial charge in [0.05, 0.1) is 0 Å². The molecule has 1 heterocycles. The van der Waals surface area contributed by atoms with E-state index >= 15 is 0 Å². The van der Waals surface area contributed by atoms with E-state index in [2.05, 4.69) is 21.3 Å². The summed E-state index contributed by atoms with van der Waals surface area (Å²) in [6.07, 6.45) is 0.967. The first-order valence-corrected chi connectivity index (χ1v) is 5.24. The van der Waals surface area contributed by atoms with Crippen LogP contribution in [0.3, 0.4) is 0 Å². The SMILES string of the molecule is CC(CO)Cc1sccc1Br. The van der Waals surface area contributed by atoms with E-state index in [0.29, 0.717) is 5.92 Å². The molecule has 1 unspecified atom stereocenters. The summed E-state index contributed by atoms with van der Waals surface area (Å²) in [6.45, 7) is 2.32. The van der Waals surface area contributed by atoms with Crippen LogP contribution < -0.4 is 0 Å². The van der Waals surface area contributed by atoms with Crippen molar-refractivity contribution in [2.75, 3.05) is 6.61 Å². The Balaban J connectivity index is 2.56. The highest BCUT2D eigenvalue weighted by molar-refractivity contribution is 9.10. The van der Waals surface area contributed by atoms with Crippen LogP contribution in [0.4, 0.5) is 0 Å². The van der Waals surface area contributed by atoms with Crippen molar-refractivity contribution in [2.45, 2.75) is 13.3 Å². The zero-order valence-electron chi connectivity index (χ0n) is 6.38. The topological polar surface area (TPSA) is 20.2 Å². The second kappa shape index (κ2) is 4.24. The Morgan fingerprint density at radius 1 is 1.73 bits per heavy atom. The molecule has 0 saturated heterocycles. The summed E-state index contributed by atoms with van der Waals surface area (Å²) >= 11 is 5.19. The maximum Gasteiger partial charge on any atom is 0.0460 e. The average molecular weight is 235 g/mol. The van der Waals surface area contributed by atoms with Crippen molar-refractivity contribution in [1.29, 1.82) is 0 Å². The smallest absolute Gasteiger partial charge is 0.0460 e. The standard InChI is InChI=1S/C8H11BrOS/c1-6(5-10)4-8-7(9)2-3-11-8/h2-3,6,10H,4-5H2,1H3. The largest absolute Gasteiger partial charge is 0.396 e. The maximum absolute atomic E-state index is 8.81. The predicted molar refractivity (Wildman–Crippen MR) is 52.0 cm³/mol. The second-order valence-corrected chi connectivity index (χ2v) is 4.54. The number of hydrogen-bond acceptors (Lipinski definition) is 2. The average Bonchev–Trinajstić information content (AvgIpc) is 2.37. The van der Waals surface area contributed by atoms with Gasteiger partial charge in [-0.15, -0.1) is 11.3 Å². The van der Waals surface area contributed by atoms with Crippen molar-refractivity contribution in [2.24, 2.45) is 5.92 Å². The molecule has 0 aliphatic carbocycles. The normalized spacial score (nSPS) is 13.4. The molecule has 1 rings (SSSR count). The molecule has 0 spiro atoms. The number of thiophene rings is 1. The van der Waals surface area contributed by atoms with E-state index in [1.54, 1.807) is 11.3 Å². The van der Waals surface area contributed by atoms with Crippen molar-refractivity contribution in [3.8, 4) is 0 Å². The molecule has 1 nitrogen and oxygen atoms in total. The van der Waals surface area contributed by atoms with E-state index in [1.807, 2.05) is 13.0 Å². The van der Waals surface area contributed by atoms with Gasteiger partial charge in [0.25, 0.3) is 0 Å². The molecule has 1 aromatic heterocycles. The van der Waals surface area contributed by atoms with Gasteiger partial charge in [-0.2, -0.15) is 0 Å². The lowest BCUT2D eigenvalue weighted by Gasteiger charge is -2.04. The van der Waals surface area contributed by atoms with Crippen molar-refractivity contribution in [1.82, 2.24) is 0 Å². The summed E-state index contributed by atoms with van der Waals surface area (Å²) in [7, 11) is 0. The number of halogens is 1. The predicted octanol–water partition coefficient (Wildman–Crippen LogP) is 2.68. The van der Waals surface area contributed by atoms with Crippen molar-refractivity contribution in [3.05, 3.63) is 20.8 Å². The van der Waals surface area contributed by atoms with Gasteiger partial charge >= 0.3 is 0 Å². The van der Waals surface area contributed by atoms with Crippen molar-refractivity contribution < 1.29 is 5.11 Å². The van der Waals surface area contributed by atoms with Crippen LogP contribution in [0.25, 0.3) is 0 Å². The van der Waals surface area contributed by atoms with E-state index in [9.17, 15) is 0 Å². The van der Waals surface area contributed by atoms with E-state index in [-0.39, 0.29) is 6.61 Å². The zero-order chi connectivity index (χ0) is 8.27. The summed E-state index contributed by atoms with van der Waals surface area (Å²) in [4.78, 5) is 1.33. The van der Waals surface area contributed by atoms with E-state index in [1.165, 1.54) is 9.35 Å². The molecule has 0 aliphatic rings. The van der Waals surface area contributed by atoms with Crippen LogP contribution >= 0.6 is 27.3 Å². The van der Waals surface area contributed by atoms with Gasteiger partial charge in [0, 0.05) is 16.0 Å². The van der Waals surface area contributed by atoms with Crippen LogP contribution in [-0.2, 0) is 6.42 Å². The highest BCUT2D eigenvalue weighted by Gasteiger charge is 2.05. The third kappa shape index (κ3) is 2.58. The zero-order valence-corrected chi connectivity index (χ0v) is 8.78. The monoisotopic (exact) mass is 234 g/mol. The molecule has 1 N–H and O–H groups in total. The molecule has 0 aliphatic heterocycles. The molecule has 1 aromatic rings. The van der Waals surface area contributed by atoms with E-state index < -0.39 is 0 Å². The highest BCUT2D eigenvalue weighted by atomic mass is 79.9.